The first-order chi connectivity index (χ1) is 43.9. The fraction of sp³-hybridized carbons (Fsp3) is 0.390. The molecule has 492 valence electrons. The first-order valence-corrected chi connectivity index (χ1v) is 34.3. The maximum atomic E-state index is 2.41. The molecule has 0 aliphatic carbocycles. The predicted octanol–water partition coefficient (Wildman–Crippen LogP) is 23.4. The van der Waals surface area contributed by atoms with Crippen LogP contribution in [0.3, 0.4) is 0 Å². The van der Waals surface area contributed by atoms with Gasteiger partial charge in [0, 0.05) is 48.6 Å². The third kappa shape index (κ3) is 21.6. The molecule has 0 bridgehead atoms. The number of fused-ring (bicyclic) bond motifs is 7. The summed E-state index contributed by atoms with van der Waals surface area (Å²) in [7, 11) is 8.44. The number of pyridine rings is 1. The summed E-state index contributed by atoms with van der Waals surface area (Å²) < 4.78 is 8.87. The molecule has 7 aromatic carbocycles. The van der Waals surface area contributed by atoms with E-state index in [-0.39, 0.29) is 0 Å². The maximum absolute atomic E-state index is 2.41. The van der Waals surface area contributed by atoms with Crippen molar-refractivity contribution in [3.8, 4) is 17.1 Å². The van der Waals surface area contributed by atoms with Crippen LogP contribution in [-0.4, -0.2) is 40.3 Å². The number of nitrogens with zero attached hydrogens (tertiary/aromatic N) is 8. The summed E-state index contributed by atoms with van der Waals surface area (Å²) >= 11 is 0. The van der Waals surface area contributed by atoms with Gasteiger partial charge in [-0.2, -0.15) is 8.97 Å². The van der Waals surface area contributed by atoms with Crippen LogP contribution in [-0.2, 0) is 14.1 Å². The number of aromatic nitrogens is 4. The third-order valence-corrected chi connectivity index (χ3v) is 14.1. The molecule has 2 aliphatic heterocycles. The number of hydrogen-bond acceptors (Lipinski definition) is 4. The summed E-state index contributed by atoms with van der Waals surface area (Å²) in [6.45, 7) is 53.1. The molecule has 0 unspecified atom stereocenters. The van der Waals surface area contributed by atoms with Crippen LogP contribution in [0.1, 0.15) is 175 Å². The molecule has 0 saturated heterocycles. The molecule has 0 radical (unpaired) electrons. The van der Waals surface area contributed by atoms with E-state index in [9.17, 15) is 0 Å². The lowest BCUT2D eigenvalue weighted by atomic mass is 10.0. The molecule has 2 aliphatic rings. The van der Waals surface area contributed by atoms with Crippen LogP contribution in [0.2, 0.25) is 0 Å². The predicted molar refractivity (Wildman–Crippen MR) is 407 cm³/mol. The normalized spacial score (nSPS) is 12.2. The van der Waals surface area contributed by atoms with Crippen molar-refractivity contribution in [3.05, 3.63) is 229 Å². The van der Waals surface area contributed by atoms with Crippen molar-refractivity contribution in [1.82, 2.24) is 13.9 Å². The minimum absolute atomic E-state index is 0.350. The van der Waals surface area contributed by atoms with Crippen LogP contribution in [0.25, 0.3) is 44.4 Å². The van der Waals surface area contributed by atoms with Crippen molar-refractivity contribution in [2.45, 2.75) is 192 Å². The van der Waals surface area contributed by atoms with Gasteiger partial charge in [-0.15, -0.1) is 0 Å². The Morgan fingerprint density at radius 1 is 0.367 bits per heavy atom. The van der Waals surface area contributed by atoms with E-state index < -0.39 is 0 Å². The fourth-order valence-corrected chi connectivity index (χ4v) is 9.95. The van der Waals surface area contributed by atoms with Crippen LogP contribution in [0.15, 0.2) is 207 Å². The average Bonchev–Trinajstić information content (AvgIpc) is 1.40. The molecule has 3 aromatic heterocycles. The molecule has 10 aromatic rings. The third-order valence-electron chi connectivity index (χ3n) is 14.1. The van der Waals surface area contributed by atoms with Gasteiger partial charge in [0.05, 0.1) is 36.4 Å². The number of imidazole rings is 2. The molecule has 8 nitrogen and oxygen atoms in total. The number of para-hydroxylation sites is 6. The lowest BCUT2D eigenvalue weighted by molar-refractivity contribution is -0.659. The van der Waals surface area contributed by atoms with Gasteiger partial charge in [-0.1, -0.05) is 260 Å². The van der Waals surface area contributed by atoms with E-state index in [1.165, 1.54) is 89.4 Å². The summed E-state index contributed by atoms with van der Waals surface area (Å²) in [5.74, 6) is 1.20. The largest absolute Gasteiger partial charge is 0.359 e. The lowest BCUT2D eigenvalue weighted by Crippen LogP contribution is -2.35. The molecular weight excluding hydrogens is 1100 g/mol. The molecular formula is C82H126N8+2. The summed E-state index contributed by atoms with van der Waals surface area (Å²) in [5.41, 5.74) is 15.4. The van der Waals surface area contributed by atoms with Gasteiger partial charge >= 0.3 is 0 Å². The molecule has 0 N–H and O–H groups in total. The zero-order valence-corrected chi connectivity index (χ0v) is 62.4. The molecule has 2 atom stereocenters. The first kappa shape index (κ1) is 84.0. The summed E-state index contributed by atoms with van der Waals surface area (Å²) in [6, 6.07) is 59.7. The van der Waals surface area contributed by atoms with Gasteiger partial charge in [-0.05, 0) is 112 Å². The molecule has 0 fully saturated rings. The second kappa shape index (κ2) is 47.8. The van der Waals surface area contributed by atoms with Crippen LogP contribution in [0.4, 0.5) is 22.7 Å². The van der Waals surface area contributed by atoms with Crippen molar-refractivity contribution >= 4 is 50.1 Å². The van der Waals surface area contributed by atoms with E-state index >= 15 is 0 Å². The van der Waals surface area contributed by atoms with Crippen LogP contribution < -0.4 is 23.8 Å². The monoisotopic (exact) mass is 1220 g/mol. The van der Waals surface area contributed by atoms with Crippen LogP contribution in [0.5, 0.6) is 0 Å². The van der Waals surface area contributed by atoms with Gasteiger partial charge < -0.3 is 19.6 Å². The molecule has 5 heterocycles. The Hall–Kier alpha value is -8.10. The molecule has 12 rings (SSSR count). The first-order valence-electron chi connectivity index (χ1n) is 34.3. The smallest absolute Gasteiger partial charge is 0.294 e. The quantitative estimate of drug-likeness (QED) is 0.130. The SMILES string of the molecule is CC.CC.CC.CC.CC.CC.CC.CC.CC.CC.Cc1cccc2c3ccccc3n3cc[n+](C)c3c12.Cc1ccccc1-c1n(-c2ccccc2)cc[n+]1C.Cc1ccccc1N1C=CN(C)[C@@H]1C.Cc1ccccc1N1c2ccccc2N(C)[C@@H]1C. The lowest BCUT2D eigenvalue weighted by Gasteiger charge is -2.28. The Kier molecular flexibility index (Phi) is 44.6. The van der Waals surface area contributed by atoms with Crippen molar-refractivity contribution in [3.63, 3.8) is 0 Å². The summed E-state index contributed by atoms with van der Waals surface area (Å²) in [4.78, 5) is 9.22. The zero-order valence-electron chi connectivity index (χ0n) is 62.4. The highest BCUT2D eigenvalue weighted by Gasteiger charge is 2.31. The van der Waals surface area contributed by atoms with E-state index in [0.29, 0.717) is 12.3 Å². The van der Waals surface area contributed by atoms with Crippen LogP contribution >= 0.6 is 0 Å². The van der Waals surface area contributed by atoms with E-state index in [1.54, 1.807) is 0 Å². The minimum atomic E-state index is 0.350. The highest BCUT2D eigenvalue weighted by molar-refractivity contribution is 6.12. The Balaban J connectivity index is 0. The Morgan fingerprint density at radius 2 is 0.800 bits per heavy atom. The Labute approximate surface area is 551 Å². The molecule has 90 heavy (non-hydrogen) atoms. The molecule has 0 spiro atoms. The maximum Gasteiger partial charge on any atom is 0.294 e. The van der Waals surface area contributed by atoms with Gasteiger partial charge in [0.2, 0.25) is 0 Å². The molecule has 0 saturated carbocycles. The van der Waals surface area contributed by atoms with Gasteiger partial charge in [0.1, 0.15) is 48.3 Å². The van der Waals surface area contributed by atoms with Gasteiger partial charge in [0.15, 0.2) is 0 Å². The van der Waals surface area contributed by atoms with Crippen LogP contribution in [0, 0.1) is 27.7 Å². The van der Waals surface area contributed by atoms with E-state index in [2.05, 4.69) is 308 Å². The number of benzene rings is 7. The standard InChI is InChI=1S/C17H15N2.C17H17N2.C16H18N2.C12H16N2.10C2H6/c1-12-6-5-8-14-13-7-3-4-9-15(13)19-11-10-18(2)17(19)16(12)14;1-14-8-6-7-11-16(14)17-18(2)12-13-19(17)15-9-4-3-5-10-15;1-12-8-4-5-9-14(12)18-13(2)17(3)15-10-6-7-11-16(15)18;1-10-6-4-5-7-12(10)14-9-8-13(3)11(14)2;10*1-2/h3-11H,1-2H3;3-13H,1-2H3;4-11,13H,1-3H3;4-9,11H,1-3H3;10*1-2H3/q2*+1;;;;;;;;;;;;/t;;13-;11-;;;;;;;;;;/m..00........../s1. The van der Waals surface area contributed by atoms with E-state index in [1.807, 2.05) is 145 Å². The Bertz CT molecular complexity index is 3460. The van der Waals surface area contributed by atoms with Crippen molar-refractivity contribution in [2.24, 2.45) is 14.1 Å². The van der Waals surface area contributed by atoms with E-state index in [4.69, 9.17) is 0 Å². The second-order valence-electron chi connectivity index (χ2n) is 18.5. The minimum Gasteiger partial charge on any atom is -0.359 e. The second-order valence-corrected chi connectivity index (χ2v) is 18.5. The Morgan fingerprint density at radius 3 is 1.32 bits per heavy atom. The number of anilines is 4. The highest BCUT2D eigenvalue weighted by Crippen LogP contribution is 2.44. The van der Waals surface area contributed by atoms with Crippen molar-refractivity contribution in [1.29, 1.82) is 0 Å². The van der Waals surface area contributed by atoms with Gasteiger partial charge in [-0.3, -0.25) is 0 Å². The van der Waals surface area contributed by atoms with E-state index in [0.717, 1.165) is 0 Å². The average molecular weight is 1220 g/mol. The van der Waals surface area contributed by atoms with Crippen molar-refractivity contribution in [2.75, 3.05) is 28.8 Å². The van der Waals surface area contributed by atoms with Crippen molar-refractivity contribution < 1.29 is 9.13 Å². The molecule has 0 amide bonds. The topological polar surface area (TPSA) is 30.1 Å². The summed E-state index contributed by atoms with van der Waals surface area (Å²) in [6.07, 6.45) is 13.5. The number of rotatable bonds is 4. The molecule has 8 heteroatoms. The summed E-state index contributed by atoms with van der Waals surface area (Å²) in [5, 5.41) is 3.98. The highest BCUT2D eigenvalue weighted by atomic mass is 15.4. The van der Waals surface area contributed by atoms with Gasteiger partial charge in [0.25, 0.3) is 11.5 Å². The van der Waals surface area contributed by atoms with Gasteiger partial charge in [-0.25, -0.2) is 9.13 Å². The number of hydrogen-bond donors (Lipinski definition) is 0. The number of aryl methyl sites for hydroxylation is 6. The fourth-order valence-electron chi connectivity index (χ4n) is 9.95. The zero-order chi connectivity index (χ0) is 69.1.